The molecule has 0 radical (unpaired) electrons. The third-order valence-electron chi connectivity index (χ3n) is 4.44. The summed E-state index contributed by atoms with van der Waals surface area (Å²) >= 11 is 0. The third kappa shape index (κ3) is 2.98. The summed E-state index contributed by atoms with van der Waals surface area (Å²) in [5.74, 6) is -0.250. The zero-order valence-corrected chi connectivity index (χ0v) is 13.8. The fourth-order valence-electron chi connectivity index (χ4n) is 3.06. The average molecular weight is 334 g/mol. The molecule has 1 atom stereocenters. The van der Waals surface area contributed by atoms with Crippen molar-refractivity contribution in [3.8, 4) is 11.3 Å². The van der Waals surface area contributed by atoms with E-state index in [4.69, 9.17) is 0 Å². The minimum absolute atomic E-state index is 0.0716. The normalized spacial score (nSPS) is 16.8. The topological polar surface area (TPSA) is 75.5 Å². The number of carbonyl (C=O) groups is 2. The van der Waals surface area contributed by atoms with Crippen LogP contribution >= 0.6 is 0 Å². The second kappa shape index (κ2) is 6.05. The lowest BCUT2D eigenvalue weighted by Gasteiger charge is -2.11. The molecular formula is C19H18N4O2. The summed E-state index contributed by atoms with van der Waals surface area (Å²) in [5.41, 5.74) is 4.63. The van der Waals surface area contributed by atoms with E-state index >= 15 is 0 Å². The van der Waals surface area contributed by atoms with Crippen molar-refractivity contribution in [3.63, 3.8) is 0 Å². The summed E-state index contributed by atoms with van der Waals surface area (Å²) in [5, 5.41) is 5.51. The maximum Gasteiger partial charge on any atom is 0.246 e. The first-order valence-electron chi connectivity index (χ1n) is 8.25. The number of fused-ring (bicyclic) bond motifs is 1. The molecule has 1 saturated heterocycles. The molecule has 6 heteroatoms. The number of anilines is 1. The van der Waals surface area contributed by atoms with Gasteiger partial charge in [-0.1, -0.05) is 18.2 Å². The van der Waals surface area contributed by atoms with Crippen LogP contribution in [-0.2, 0) is 9.59 Å². The largest absolute Gasteiger partial charge is 0.344 e. The highest BCUT2D eigenvalue weighted by Gasteiger charge is 2.27. The van der Waals surface area contributed by atoms with E-state index in [1.807, 2.05) is 60.1 Å². The number of nitrogens with one attached hydrogen (secondary N) is 2. The van der Waals surface area contributed by atoms with Crippen molar-refractivity contribution in [1.82, 2.24) is 14.7 Å². The van der Waals surface area contributed by atoms with E-state index in [-0.39, 0.29) is 11.8 Å². The second-order valence-electron chi connectivity index (χ2n) is 6.27. The molecule has 2 N–H and O–H groups in total. The number of rotatable bonds is 3. The van der Waals surface area contributed by atoms with Gasteiger partial charge in [-0.3, -0.25) is 9.59 Å². The van der Waals surface area contributed by atoms with Gasteiger partial charge in [0.1, 0.15) is 11.7 Å². The Balaban J connectivity index is 1.52. The van der Waals surface area contributed by atoms with E-state index in [1.54, 1.807) is 0 Å². The molecule has 126 valence electrons. The standard InChI is InChI=1S/C19H18N4O2/c1-12-3-2-10-23-11-16(22-18(12)23)13-4-6-14(7-5-13)20-19(25)15-8-9-17(24)21-15/h2-7,10-11,15H,8-9H2,1H3,(H,20,25)(H,21,24)/t15-/m0/s1. The molecule has 3 aromatic rings. The Labute approximate surface area is 144 Å². The number of pyridine rings is 1. The van der Waals surface area contributed by atoms with Gasteiger partial charge in [-0.15, -0.1) is 0 Å². The Morgan fingerprint density at radius 2 is 2.08 bits per heavy atom. The minimum Gasteiger partial charge on any atom is -0.344 e. The summed E-state index contributed by atoms with van der Waals surface area (Å²) in [6.07, 6.45) is 4.92. The van der Waals surface area contributed by atoms with Crippen molar-refractivity contribution in [2.45, 2.75) is 25.8 Å². The van der Waals surface area contributed by atoms with Crippen LogP contribution in [0, 0.1) is 6.92 Å². The van der Waals surface area contributed by atoms with E-state index < -0.39 is 6.04 Å². The molecule has 3 heterocycles. The molecular weight excluding hydrogens is 316 g/mol. The summed E-state index contributed by atoms with van der Waals surface area (Å²) in [6, 6.07) is 11.1. The number of aromatic nitrogens is 2. The lowest BCUT2D eigenvalue weighted by atomic mass is 10.1. The van der Waals surface area contributed by atoms with Crippen LogP contribution in [0.1, 0.15) is 18.4 Å². The lowest BCUT2D eigenvalue weighted by molar-refractivity contribution is -0.122. The molecule has 2 amide bonds. The van der Waals surface area contributed by atoms with E-state index in [9.17, 15) is 9.59 Å². The Hall–Kier alpha value is -3.15. The van der Waals surface area contributed by atoms with Gasteiger partial charge in [-0.2, -0.15) is 0 Å². The maximum atomic E-state index is 12.1. The molecule has 0 bridgehead atoms. The highest BCUT2D eigenvalue weighted by atomic mass is 16.2. The second-order valence-corrected chi connectivity index (χ2v) is 6.27. The predicted octanol–water partition coefficient (Wildman–Crippen LogP) is 2.53. The zero-order valence-electron chi connectivity index (χ0n) is 13.8. The van der Waals surface area contributed by atoms with Crippen molar-refractivity contribution in [2.24, 2.45) is 0 Å². The van der Waals surface area contributed by atoms with Crippen LogP contribution in [0.5, 0.6) is 0 Å². The first-order chi connectivity index (χ1) is 12.1. The molecule has 25 heavy (non-hydrogen) atoms. The number of nitrogens with zero attached hydrogens (tertiary/aromatic N) is 2. The molecule has 1 aliphatic rings. The van der Waals surface area contributed by atoms with Crippen LogP contribution in [0.2, 0.25) is 0 Å². The number of aryl methyl sites for hydroxylation is 1. The van der Waals surface area contributed by atoms with Gasteiger partial charge in [0.15, 0.2) is 0 Å². The number of benzene rings is 1. The fraction of sp³-hybridized carbons (Fsp3) is 0.211. The number of imidazole rings is 1. The molecule has 4 rings (SSSR count). The Morgan fingerprint density at radius 3 is 2.76 bits per heavy atom. The van der Waals surface area contributed by atoms with Gasteiger partial charge in [-0.25, -0.2) is 4.98 Å². The van der Waals surface area contributed by atoms with Crippen molar-refractivity contribution in [3.05, 3.63) is 54.4 Å². The first-order valence-corrected chi connectivity index (χ1v) is 8.25. The first kappa shape index (κ1) is 15.4. The molecule has 0 spiro atoms. The van der Waals surface area contributed by atoms with Crippen LogP contribution < -0.4 is 10.6 Å². The summed E-state index contributed by atoms with van der Waals surface area (Å²) < 4.78 is 2.00. The summed E-state index contributed by atoms with van der Waals surface area (Å²) in [4.78, 5) is 28.0. The van der Waals surface area contributed by atoms with E-state index in [0.717, 1.165) is 22.5 Å². The molecule has 0 aliphatic carbocycles. The number of carbonyl (C=O) groups excluding carboxylic acids is 2. The smallest absolute Gasteiger partial charge is 0.246 e. The van der Waals surface area contributed by atoms with Gasteiger partial charge in [0.25, 0.3) is 0 Å². The van der Waals surface area contributed by atoms with Gasteiger partial charge >= 0.3 is 0 Å². The van der Waals surface area contributed by atoms with Crippen molar-refractivity contribution in [2.75, 3.05) is 5.32 Å². The quantitative estimate of drug-likeness (QED) is 0.773. The van der Waals surface area contributed by atoms with E-state index in [2.05, 4.69) is 15.6 Å². The zero-order chi connectivity index (χ0) is 17.4. The minimum atomic E-state index is -0.436. The molecule has 6 nitrogen and oxygen atoms in total. The molecule has 1 aromatic carbocycles. The van der Waals surface area contributed by atoms with Crippen LogP contribution in [0.3, 0.4) is 0 Å². The lowest BCUT2D eigenvalue weighted by Crippen LogP contribution is -2.37. The van der Waals surface area contributed by atoms with E-state index in [1.165, 1.54) is 0 Å². The summed E-state index contributed by atoms with van der Waals surface area (Å²) in [7, 11) is 0. The van der Waals surface area contributed by atoms with Crippen LogP contribution in [-0.4, -0.2) is 27.2 Å². The van der Waals surface area contributed by atoms with Crippen LogP contribution in [0.4, 0.5) is 5.69 Å². The van der Waals surface area contributed by atoms with Gasteiger partial charge in [-0.05, 0) is 37.1 Å². The maximum absolute atomic E-state index is 12.1. The van der Waals surface area contributed by atoms with Crippen LogP contribution in [0.25, 0.3) is 16.9 Å². The monoisotopic (exact) mass is 334 g/mol. The molecule has 0 saturated carbocycles. The van der Waals surface area contributed by atoms with Crippen molar-refractivity contribution in [1.29, 1.82) is 0 Å². The van der Waals surface area contributed by atoms with Crippen molar-refractivity contribution < 1.29 is 9.59 Å². The number of hydrogen-bond acceptors (Lipinski definition) is 3. The molecule has 2 aromatic heterocycles. The van der Waals surface area contributed by atoms with Gasteiger partial charge in [0.2, 0.25) is 11.8 Å². The Morgan fingerprint density at radius 1 is 1.28 bits per heavy atom. The summed E-state index contributed by atoms with van der Waals surface area (Å²) in [6.45, 7) is 2.03. The number of amides is 2. The SMILES string of the molecule is Cc1cccn2cc(-c3ccc(NC(=O)[C@@H]4CCC(=O)N4)cc3)nc12. The Bertz CT molecular complexity index is 959. The molecule has 1 aliphatic heterocycles. The average Bonchev–Trinajstić information content (AvgIpc) is 3.23. The molecule has 0 unspecified atom stereocenters. The van der Waals surface area contributed by atoms with Crippen molar-refractivity contribution >= 4 is 23.1 Å². The highest BCUT2D eigenvalue weighted by Crippen LogP contribution is 2.22. The number of hydrogen-bond donors (Lipinski definition) is 2. The molecule has 1 fully saturated rings. The van der Waals surface area contributed by atoms with Gasteiger partial charge < -0.3 is 15.0 Å². The van der Waals surface area contributed by atoms with E-state index in [0.29, 0.717) is 18.5 Å². The van der Waals surface area contributed by atoms with Gasteiger partial charge in [0, 0.05) is 30.1 Å². The predicted molar refractivity (Wildman–Crippen MR) is 95.2 cm³/mol. The van der Waals surface area contributed by atoms with Crippen LogP contribution in [0.15, 0.2) is 48.8 Å². The fourth-order valence-corrected chi connectivity index (χ4v) is 3.06. The highest BCUT2D eigenvalue weighted by molar-refractivity contribution is 5.99. The Kier molecular flexibility index (Phi) is 3.72. The third-order valence-corrected chi connectivity index (χ3v) is 4.44. The van der Waals surface area contributed by atoms with Gasteiger partial charge in [0.05, 0.1) is 5.69 Å².